The Labute approximate surface area is 200 Å². The third-order valence-corrected chi connectivity index (χ3v) is 5.96. The number of hydrogen-bond acceptors (Lipinski definition) is 4. The van der Waals surface area contributed by atoms with E-state index in [0.717, 1.165) is 31.7 Å². The van der Waals surface area contributed by atoms with E-state index in [1.165, 1.54) is 0 Å². The van der Waals surface area contributed by atoms with Gasteiger partial charge in [-0.2, -0.15) is 0 Å². The Morgan fingerprint density at radius 2 is 1.44 bits per heavy atom. The van der Waals surface area contributed by atoms with E-state index in [1.807, 2.05) is 53.4 Å². The zero-order valence-corrected chi connectivity index (χ0v) is 19.4. The number of para-hydroxylation sites is 3. The monoisotopic (exact) mass is 458 g/mol. The molecule has 176 valence electrons. The van der Waals surface area contributed by atoms with Crippen LogP contribution < -0.4 is 14.8 Å². The number of nitrogens with zero attached hydrogens (tertiary/aromatic N) is 1. The summed E-state index contributed by atoms with van der Waals surface area (Å²) in [5, 5.41) is 2.91. The maximum Gasteiger partial charge on any atom is 0.259 e. The number of amides is 2. The largest absolute Gasteiger partial charge is 0.490 e. The van der Waals surface area contributed by atoms with Crippen LogP contribution in [0.2, 0.25) is 0 Å². The molecular formula is C28H30N2O4. The molecule has 3 aromatic carbocycles. The standard InChI is InChI=1S/C28H30N2O4/c1-21-15-17-30(18-16-21)28(32)23-11-5-7-13-25(23)29-27(31)24-12-6-8-14-26(24)34-20-19-33-22-9-3-2-4-10-22/h2-14,21H,15-20H2,1H3,(H,29,31). The summed E-state index contributed by atoms with van der Waals surface area (Å²) < 4.78 is 11.5. The van der Waals surface area contributed by atoms with Crippen molar-refractivity contribution in [1.82, 2.24) is 4.90 Å². The van der Waals surface area contributed by atoms with Gasteiger partial charge in [0.05, 0.1) is 16.8 Å². The molecule has 4 rings (SSSR count). The zero-order chi connectivity index (χ0) is 23.8. The number of carbonyl (C=O) groups is 2. The molecule has 0 aromatic heterocycles. The highest BCUT2D eigenvalue weighted by Gasteiger charge is 2.24. The van der Waals surface area contributed by atoms with E-state index in [-0.39, 0.29) is 11.8 Å². The fourth-order valence-electron chi connectivity index (χ4n) is 3.96. The van der Waals surface area contributed by atoms with Crippen LogP contribution in [0.4, 0.5) is 5.69 Å². The lowest BCUT2D eigenvalue weighted by Gasteiger charge is -2.30. The number of anilines is 1. The highest BCUT2D eigenvalue weighted by Crippen LogP contribution is 2.24. The fraction of sp³-hybridized carbons (Fsp3) is 0.286. The van der Waals surface area contributed by atoms with Crippen LogP contribution >= 0.6 is 0 Å². The normalized spacial score (nSPS) is 13.9. The fourth-order valence-corrected chi connectivity index (χ4v) is 3.96. The molecule has 1 aliphatic rings. The van der Waals surface area contributed by atoms with Gasteiger partial charge in [0.15, 0.2) is 0 Å². The lowest BCUT2D eigenvalue weighted by Crippen LogP contribution is -2.38. The van der Waals surface area contributed by atoms with Crippen molar-refractivity contribution in [1.29, 1.82) is 0 Å². The quantitative estimate of drug-likeness (QED) is 0.467. The van der Waals surface area contributed by atoms with Crippen molar-refractivity contribution in [3.05, 3.63) is 90.0 Å². The molecule has 2 amide bonds. The minimum Gasteiger partial charge on any atom is -0.490 e. The first-order valence-corrected chi connectivity index (χ1v) is 11.7. The molecule has 0 aliphatic carbocycles. The van der Waals surface area contributed by atoms with Crippen molar-refractivity contribution < 1.29 is 19.1 Å². The summed E-state index contributed by atoms with van der Waals surface area (Å²) in [5.41, 5.74) is 1.40. The average molecular weight is 459 g/mol. The van der Waals surface area contributed by atoms with Crippen LogP contribution in [0, 0.1) is 5.92 Å². The van der Waals surface area contributed by atoms with E-state index < -0.39 is 0 Å². The number of piperidine rings is 1. The number of carbonyl (C=O) groups excluding carboxylic acids is 2. The number of likely N-dealkylation sites (tertiary alicyclic amines) is 1. The molecule has 0 atom stereocenters. The summed E-state index contributed by atoms with van der Waals surface area (Å²) in [6.45, 7) is 4.34. The van der Waals surface area contributed by atoms with Crippen molar-refractivity contribution in [3.63, 3.8) is 0 Å². The molecule has 0 radical (unpaired) electrons. The van der Waals surface area contributed by atoms with Gasteiger partial charge in [-0.15, -0.1) is 0 Å². The van der Waals surface area contributed by atoms with Gasteiger partial charge >= 0.3 is 0 Å². The average Bonchev–Trinajstić information content (AvgIpc) is 2.88. The van der Waals surface area contributed by atoms with Crippen molar-refractivity contribution in [2.24, 2.45) is 5.92 Å². The van der Waals surface area contributed by atoms with Crippen LogP contribution in [0.25, 0.3) is 0 Å². The van der Waals surface area contributed by atoms with E-state index in [0.29, 0.717) is 41.7 Å². The predicted octanol–water partition coefficient (Wildman–Crippen LogP) is 5.27. The molecule has 0 unspecified atom stereocenters. The summed E-state index contributed by atoms with van der Waals surface area (Å²) >= 11 is 0. The van der Waals surface area contributed by atoms with Gasteiger partial charge in [0.1, 0.15) is 24.7 Å². The van der Waals surface area contributed by atoms with Crippen molar-refractivity contribution in [2.75, 3.05) is 31.6 Å². The second kappa shape index (κ2) is 11.4. The lowest BCUT2D eigenvalue weighted by atomic mass is 9.98. The predicted molar refractivity (Wildman–Crippen MR) is 133 cm³/mol. The summed E-state index contributed by atoms with van der Waals surface area (Å²) in [5.74, 6) is 1.48. The molecule has 0 bridgehead atoms. The minimum atomic E-state index is -0.327. The van der Waals surface area contributed by atoms with Crippen LogP contribution in [0.1, 0.15) is 40.5 Å². The highest BCUT2D eigenvalue weighted by molar-refractivity contribution is 6.10. The van der Waals surface area contributed by atoms with E-state index in [9.17, 15) is 9.59 Å². The Morgan fingerprint density at radius 3 is 2.21 bits per heavy atom. The van der Waals surface area contributed by atoms with Gasteiger partial charge in [-0.25, -0.2) is 0 Å². The van der Waals surface area contributed by atoms with Gasteiger partial charge in [-0.1, -0.05) is 49.4 Å². The Kier molecular flexibility index (Phi) is 7.81. The number of hydrogen-bond donors (Lipinski definition) is 1. The van der Waals surface area contributed by atoms with Crippen LogP contribution in [-0.4, -0.2) is 43.0 Å². The summed E-state index contributed by atoms with van der Waals surface area (Å²) in [7, 11) is 0. The molecule has 0 saturated carbocycles. The van der Waals surface area contributed by atoms with Crippen LogP contribution in [0.15, 0.2) is 78.9 Å². The zero-order valence-electron chi connectivity index (χ0n) is 19.4. The van der Waals surface area contributed by atoms with E-state index in [2.05, 4.69) is 12.2 Å². The molecule has 1 fully saturated rings. The van der Waals surface area contributed by atoms with Gasteiger partial charge in [0.25, 0.3) is 11.8 Å². The molecule has 1 N–H and O–H groups in total. The number of benzene rings is 3. The number of ether oxygens (including phenoxy) is 2. The first-order chi connectivity index (χ1) is 16.6. The Hall–Kier alpha value is -3.80. The number of rotatable bonds is 8. The van der Waals surface area contributed by atoms with E-state index >= 15 is 0 Å². The third kappa shape index (κ3) is 5.95. The third-order valence-electron chi connectivity index (χ3n) is 5.96. The number of nitrogens with one attached hydrogen (secondary N) is 1. The Morgan fingerprint density at radius 1 is 0.824 bits per heavy atom. The summed E-state index contributed by atoms with van der Waals surface area (Å²) in [6.07, 6.45) is 2.00. The summed E-state index contributed by atoms with van der Waals surface area (Å²) in [4.78, 5) is 28.1. The molecule has 34 heavy (non-hydrogen) atoms. The molecule has 1 aliphatic heterocycles. The Balaban J connectivity index is 1.41. The van der Waals surface area contributed by atoms with Crippen molar-refractivity contribution in [2.45, 2.75) is 19.8 Å². The molecule has 0 spiro atoms. The van der Waals surface area contributed by atoms with Gasteiger partial charge in [-0.05, 0) is 55.2 Å². The van der Waals surface area contributed by atoms with E-state index in [4.69, 9.17) is 9.47 Å². The Bertz CT molecular complexity index is 1110. The highest BCUT2D eigenvalue weighted by atomic mass is 16.5. The second-order valence-corrected chi connectivity index (χ2v) is 8.48. The SMILES string of the molecule is CC1CCN(C(=O)c2ccccc2NC(=O)c2ccccc2OCCOc2ccccc2)CC1. The van der Waals surface area contributed by atoms with Crippen LogP contribution in [0.3, 0.4) is 0 Å². The van der Waals surface area contributed by atoms with Crippen molar-refractivity contribution in [3.8, 4) is 11.5 Å². The molecule has 3 aromatic rings. The minimum absolute atomic E-state index is 0.0506. The lowest BCUT2D eigenvalue weighted by molar-refractivity contribution is 0.0698. The maximum atomic E-state index is 13.1. The van der Waals surface area contributed by atoms with E-state index in [1.54, 1.807) is 30.3 Å². The molecule has 6 nitrogen and oxygen atoms in total. The van der Waals surface area contributed by atoms with Gasteiger partial charge in [0.2, 0.25) is 0 Å². The van der Waals surface area contributed by atoms with Gasteiger partial charge < -0.3 is 19.7 Å². The van der Waals surface area contributed by atoms with Gasteiger partial charge in [0, 0.05) is 13.1 Å². The van der Waals surface area contributed by atoms with Gasteiger partial charge in [-0.3, -0.25) is 9.59 Å². The second-order valence-electron chi connectivity index (χ2n) is 8.48. The molecular weight excluding hydrogens is 428 g/mol. The molecule has 1 heterocycles. The smallest absolute Gasteiger partial charge is 0.259 e. The topological polar surface area (TPSA) is 67.9 Å². The van der Waals surface area contributed by atoms with Crippen LogP contribution in [-0.2, 0) is 0 Å². The molecule has 6 heteroatoms. The first-order valence-electron chi connectivity index (χ1n) is 11.7. The van der Waals surface area contributed by atoms with Crippen molar-refractivity contribution >= 4 is 17.5 Å². The maximum absolute atomic E-state index is 13.1. The first kappa shape index (κ1) is 23.4. The molecule has 1 saturated heterocycles. The van der Waals surface area contributed by atoms with Crippen LogP contribution in [0.5, 0.6) is 11.5 Å². The summed E-state index contributed by atoms with van der Waals surface area (Å²) in [6, 6.07) is 23.7.